The van der Waals surface area contributed by atoms with E-state index in [1.165, 1.54) is 6.33 Å². The Morgan fingerprint density at radius 2 is 2.36 bits per heavy atom. The Morgan fingerprint density at radius 1 is 1.57 bits per heavy atom. The largest absolute Gasteiger partial charge is 0.353 e. The van der Waals surface area contributed by atoms with Crippen molar-refractivity contribution in [3.63, 3.8) is 0 Å². The van der Waals surface area contributed by atoms with Gasteiger partial charge in [0.05, 0.1) is 0 Å². The van der Waals surface area contributed by atoms with Crippen LogP contribution in [0.4, 0.5) is 5.82 Å². The van der Waals surface area contributed by atoms with Crippen molar-refractivity contribution >= 4 is 17.4 Å². The number of hydrogen-bond donors (Lipinski definition) is 0. The van der Waals surface area contributed by atoms with Crippen molar-refractivity contribution in [3.8, 4) is 0 Å². The van der Waals surface area contributed by atoms with E-state index in [4.69, 9.17) is 11.6 Å². The predicted octanol–water partition coefficient (Wildman–Crippen LogP) is 2.53. The maximum atomic E-state index is 5.79. The van der Waals surface area contributed by atoms with Crippen LogP contribution in [0.25, 0.3) is 0 Å². The van der Waals surface area contributed by atoms with Gasteiger partial charge in [0.1, 0.15) is 17.3 Å². The molecule has 0 radical (unpaired) electrons. The van der Waals surface area contributed by atoms with Crippen molar-refractivity contribution in [2.24, 2.45) is 0 Å². The third kappa shape index (κ3) is 3.00. The van der Waals surface area contributed by atoms with E-state index in [0.29, 0.717) is 5.15 Å². The molecule has 0 aliphatic heterocycles. The van der Waals surface area contributed by atoms with Crippen LogP contribution in [0.1, 0.15) is 13.3 Å². The Balaban J connectivity index is 2.80. The summed E-state index contributed by atoms with van der Waals surface area (Å²) in [5.41, 5.74) is 0. The molecule has 0 aliphatic carbocycles. The average Bonchev–Trinajstić information content (AvgIpc) is 2.17. The summed E-state index contributed by atoms with van der Waals surface area (Å²) in [6.07, 6.45) is 4.39. The van der Waals surface area contributed by atoms with Gasteiger partial charge in [0.25, 0.3) is 0 Å². The second-order valence-corrected chi connectivity index (χ2v) is 3.32. The molecule has 0 saturated carbocycles. The van der Waals surface area contributed by atoms with E-state index in [0.717, 1.165) is 25.3 Å². The number of aromatic nitrogens is 2. The molecule has 1 aromatic rings. The summed E-state index contributed by atoms with van der Waals surface area (Å²) in [4.78, 5) is 10.1. The maximum Gasteiger partial charge on any atom is 0.134 e. The molecule has 14 heavy (non-hydrogen) atoms. The van der Waals surface area contributed by atoms with Crippen molar-refractivity contribution in [2.75, 3.05) is 18.0 Å². The standard InChI is InChI=1S/C10H14ClN3/c1-3-5-14(6-4-2)10-7-9(11)12-8-13-10/h3,7-8H,1,4-6H2,2H3. The highest BCUT2D eigenvalue weighted by Crippen LogP contribution is 2.14. The van der Waals surface area contributed by atoms with Crippen LogP contribution in [0, 0.1) is 0 Å². The van der Waals surface area contributed by atoms with Crippen LogP contribution in [-0.4, -0.2) is 23.1 Å². The summed E-state index contributed by atoms with van der Waals surface area (Å²) < 4.78 is 0. The third-order valence-electron chi connectivity index (χ3n) is 1.79. The lowest BCUT2D eigenvalue weighted by Crippen LogP contribution is -2.24. The minimum Gasteiger partial charge on any atom is -0.353 e. The number of nitrogens with zero attached hydrogens (tertiary/aromatic N) is 3. The van der Waals surface area contributed by atoms with Crippen LogP contribution < -0.4 is 4.90 Å². The molecule has 0 spiro atoms. The monoisotopic (exact) mass is 211 g/mol. The van der Waals surface area contributed by atoms with Gasteiger partial charge in [-0.15, -0.1) is 6.58 Å². The van der Waals surface area contributed by atoms with Crippen molar-refractivity contribution in [2.45, 2.75) is 13.3 Å². The maximum absolute atomic E-state index is 5.79. The highest BCUT2D eigenvalue weighted by molar-refractivity contribution is 6.29. The fourth-order valence-electron chi connectivity index (χ4n) is 1.22. The van der Waals surface area contributed by atoms with Gasteiger partial charge in [0.2, 0.25) is 0 Å². The van der Waals surface area contributed by atoms with Crippen molar-refractivity contribution in [1.29, 1.82) is 0 Å². The minimum absolute atomic E-state index is 0.472. The summed E-state index contributed by atoms with van der Waals surface area (Å²) in [5, 5.41) is 0.472. The lowest BCUT2D eigenvalue weighted by atomic mass is 10.4. The number of rotatable bonds is 5. The molecular weight excluding hydrogens is 198 g/mol. The van der Waals surface area contributed by atoms with Crippen molar-refractivity contribution in [1.82, 2.24) is 9.97 Å². The zero-order valence-electron chi connectivity index (χ0n) is 8.28. The molecule has 0 aliphatic rings. The first-order valence-corrected chi connectivity index (χ1v) is 4.99. The SMILES string of the molecule is C=CCN(CCC)c1cc(Cl)ncn1. The highest BCUT2D eigenvalue weighted by Gasteiger charge is 2.05. The van der Waals surface area contributed by atoms with Gasteiger partial charge < -0.3 is 4.90 Å². The smallest absolute Gasteiger partial charge is 0.134 e. The zero-order chi connectivity index (χ0) is 10.4. The molecule has 1 rings (SSSR count). The van der Waals surface area contributed by atoms with Gasteiger partial charge in [0.15, 0.2) is 0 Å². The van der Waals surface area contributed by atoms with Crippen LogP contribution in [0.15, 0.2) is 25.0 Å². The second-order valence-electron chi connectivity index (χ2n) is 2.93. The summed E-state index contributed by atoms with van der Waals surface area (Å²) >= 11 is 5.79. The van der Waals surface area contributed by atoms with Crippen LogP contribution in [0.2, 0.25) is 5.15 Å². The summed E-state index contributed by atoms with van der Waals surface area (Å²) in [7, 11) is 0. The first-order valence-electron chi connectivity index (χ1n) is 4.61. The van der Waals surface area contributed by atoms with Crippen molar-refractivity contribution in [3.05, 3.63) is 30.2 Å². The van der Waals surface area contributed by atoms with Gasteiger partial charge in [-0.2, -0.15) is 0 Å². The fraction of sp³-hybridized carbons (Fsp3) is 0.400. The summed E-state index contributed by atoms with van der Waals surface area (Å²) in [6, 6.07) is 1.76. The lowest BCUT2D eigenvalue weighted by Gasteiger charge is -2.20. The molecule has 0 fully saturated rings. The molecule has 1 heterocycles. The second kappa shape index (κ2) is 5.60. The Bertz CT molecular complexity index is 301. The quantitative estimate of drug-likeness (QED) is 0.554. The molecule has 0 atom stereocenters. The molecule has 1 aromatic heterocycles. The van der Waals surface area contributed by atoms with Crippen LogP contribution in [0.5, 0.6) is 0 Å². The van der Waals surface area contributed by atoms with E-state index < -0.39 is 0 Å². The topological polar surface area (TPSA) is 29.0 Å². The molecule has 0 N–H and O–H groups in total. The predicted molar refractivity (Wildman–Crippen MR) is 59.7 cm³/mol. The first kappa shape index (κ1) is 11.0. The molecule has 76 valence electrons. The first-order chi connectivity index (χ1) is 6.77. The molecule has 0 bridgehead atoms. The van der Waals surface area contributed by atoms with Crippen LogP contribution >= 0.6 is 11.6 Å². The number of hydrogen-bond acceptors (Lipinski definition) is 3. The van der Waals surface area contributed by atoms with E-state index in [1.54, 1.807) is 6.07 Å². The number of halogens is 1. The average molecular weight is 212 g/mol. The van der Waals surface area contributed by atoms with Crippen LogP contribution in [0.3, 0.4) is 0 Å². The van der Waals surface area contributed by atoms with Gasteiger partial charge >= 0.3 is 0 Å². The molecule has 0 saturated heterocycles. The van der Waals surface area contributed by atoms with E-state index >= 15 is 0 Å². The number of anilines is 1. The molecule has 4 heteroatoms. The highest BCUT2D eigenvalue weighted by atomic mass is 35.5. The minimum atomic E-state index is 0.472. The molecular formula is C10H14ClN3. The normalized spacial score (nSPS) is 9.86. The Kier molecular flexibility index (Phi) is 4.40. The van der Waals surface area contributed by atoms with Gasteiger partial charge in [-0.1, -0.05) is 24.6 Å². The lowest BCUT2D eigenvalue weighted by molar-refractivity contribution is 0.800. The summed E-state index contributed by atoms with van der Waals surface area (Å²) in [5.74, 6) is 0.853. The van der Waals surface area contributed by atoms with Gasteiger partial charge in [0, 0.05) is 19.2 Å². The molecule has 0 aromatic carbocycles. The third-order valence-corrected chi connectivity index (χ3v) is 1.99. The zero-order valence-corrected chi connectivity index (χ0v) is 9.04. The Labute approximate surface area is 89.4 Å². The van der Waals surface area contributed by atoms with Gasteiger partial charge in [-0.25, -0.2) is 9.97 Å². The van der Waals surface area contributed by atoms with E-state index in [2.05, 4.69) is 28.4 Å². The van der Waals surface area contributed by atoms with E-state index in [1.807, 2.05) is 6.08 Å². The van der Waals surface area contributed by atoms with E-state index in [9.17, 15) is 0 Å². The molecule has 3 nitrogen and oxygen atoms in total. The fourth-order valence-corrected chi connectivity index (χ4v) is 1.36. The Morgan fingerprint density at radius 3 is 2.93 bits per heavy atom. The van der Waals surface area contributed by atoms with E-state index in [-0.39, 0.29) is 0 Å². The van der Waals surface area contributed by atoms with Crippen molar-refractivity contribution < 1.29 is 0 Å². The van der Waals surface area contributed by atoms with Crippen LogP contribution in [-0.2, 0) is 0 Å². The Hall–Kier alpha value is -1.09. The summed E-state index contributed by atoms with van der Waals surface area (Å²) in [6.45, 7) is 7.56. The van der Waals surface area contributed by atoms with Gasteiger partial charge in [-0.05, 0) is 6.42 Å². The molecule has 0 unspecified atom stereocenters. The molecule has 0 amide bonds. The van der Waals surface area contributed by atoms with Gasteiger partial charge in [-0.3, -0.25) is 0 Å².